The van der Waals surface area contributed by atoms with E-state index in [0.717, 1.165) is 24.0 Å². The van der Waals surface area contributed by atoms with Crippen molar-refractivity contribution < 1.29 is 8.42 Å². The molecule has 0 aliphatic carbocycles. The van der Waals surface area contributed by atoms with E-state index in [-0.39, 0.29) is 12.4 Å². The van der Waals surface area contributed by atoms with Gasteiger partial charge < -0.3 is 5.32 Å². The number of benzene rings is 1. The number of hydrogen-bond acceptors (Lipinski definition) is 3. The van der Waals surface area contributed by atoms with Gasteiger partial charge in [-0.25, -0.2) is 8.42 Å². The second kappa shape index (κ2) is 6.89. The summed E-state index contributed by atoms with van der Waals surface area (Å²) in [6, 6.07) is 5.80. The van der Waals surface area contributed by atoms with Gasteiger partial charge >= 0.3 is 0 Å². The highest BCUT2D eigenvalue weighted by Gasteiger charge is 2.28. The largest absolute Gasteiger partial charge is 0.317 e. The summed E-state index contributed by atoms with van der Waals surface area (Å²) in [5, 5.41) is 3.21. The fourth-order valence-corrected chi connectivity index (χ4v) is 3.96. The molecular weight excluding hydrogens is 296 g/mol. The lowest BCUT2D eigenvalue weighted by molar-refractivity contribution is 0.298. The standard InChI is InChI=1S/C14H22N2O2S.ClH/c1-11-4-5-14(10-12(11)2)19(17,18)16-8-6-13(15-3)7-9-16;/h4-5,10,13,15H,6-9H2,1-3H3;1H. The summed E-state index contributed by atoms with van der Waals surface area (Å²) in [6.45, 7) is 5.13. The normalized spacial score (nSPS) is 17.8. The molecule has 0 aromatic heterocycles. The van der Waals surface area contributed by atoms with E-state index in [4.69, 9.17) is 0 Å². The van der Waals surface area contributed by atoms with Gasteiger partial charge in [-0.05, 0) is 57.0 Å². The van der Waals surface area contributed by atoms with Crippen LogP contribution in [0.5, 0.6) is 0 Å². The van der Waals surface area contributed by atoms with Gasteiger partial charge in [0, 0.05) is 19.1 Å². The van der Waals surface area contributed by atoms with Crippen LogP contribution in [-0.4, -0.2) is 38.9 Å². The van der Waals surface area contributed by atoms with E-state index in [1.807, 2.05) is 27.0 Å². The summed E-state index contributed by atoms with van der Waals surface area (Å²) >= 11 is 0. The molecule has 0 atom stereocenters. The first-order valence-electron chi connectivity index (χ1n) is 6.70. The zero-order valence-corrected chi connectivity index (χ0v) is 13.9. The number of rotatable bonds is 3. The third kappa shape index (κ3) is 3.52. The van der Waals surface area contributed by atoms with Crippen LogP contribution in [0.4, 0.5) is 0 Å². The van der Waals surface area contributed by atoms with Crippen LogP contribution in [0, 0.1) is 13.8 Å². The highest BCUT2D eigenvalue weighted by molar-refractivity contribution is 7.89. The zero-order chi connectivity index (χ0) is 14.0. The highest BCUT2D eigenvalue weighted by atomic mass is 35.5. The third-order valence-corrected chi connectivity index (χ3v) is 5.87. The van der Waals surface area contributed by atoms with Crippen molar-refractivity contribution in [2.45, 2.75) is 37.6 Å². The topological polar surface area (TPSA) is 49.4 Å². The predicted molar refractivity (Wildman–Crippen MR) is 84.0 cm³/mol. The zero-order valence-electron chi connectivity index (χ0n) is 12.2. The number of hydrogen-bond donors (Lipinski definition) is 1. The smallest absolute Gasteiger partial charge is 0.243 e. The molecule has 0 amide bonds. The Labute approximate surface area is 128 Å². The van der Waals surface area contributed by atoms with E-state index >= 15 is 0 Å². The van der Waals surface area contributed by atoms with Gasteiger partial charge in [0.25, 0.3) is 0 Å². The Balaban J connectivity index is 0.00000200. The van der Waals surface area contributed by atoms with Crippen molar-refractivity contribution in [2.75, 3.05) is 20.1 Å². The van der Waals surface area contributed by atoms with Gasteiger partial charge in [0.15, 0.2) is 0 Å². The number of halogens is 1. The first kappa shape index (κ1) is 17.4. The minimum Gasteiger partial charge on any atom is -0.317 e. The molecule has 1 saturated heterocycles. The third-order valence-electron chi connectivity index (χ3n) is 3.98. The first-order chi connectivity index (χ1) is 8.95. The average molecular weight is 319 g/mol. The Bertz CT molecular complexity index is 552. The highest BCUT2D eigenvalue weighted by Crippen LogP contribution is 2.22. The Morgan fingerprint density at radius 1 is 1.15 bits per heavy atom. The molecule has 6 heteroatoms. The molecule has 1 aromatic carbocycles. The average Bonchev–Trinajstić information content (AvgIpc) is 2.41. The van der Waals surface area contributed by atoms with Gasteiger partial charge in [-0.1, -0.05) is 6.07 Å². The van der Waals surface area contributed by atoms with Crippen molar-refractivity contribution in [3.05, 3.63) is 29.3 Å². The molecule has 0 bridgehead atoms. The Morgan fingerprint density at radius 3 is 2.25 bits per heavy atom. The fourth-order valence-electron chi connectivity index (χ4n) is 2.41. The SMILES string of the molecule is CNC1CCN(S(=O)(=O)c2ccc(C)c(C)c2)CC1.Cl. The molecule has 114 valence electrons. The van der Waals surface area contributed by atoms with Crippen LogP contribution in [0.15, 0.2) is 23.1 Å². The molecule has 0 radical (unpaired) electrons. The van der Waals surface area contributed by atoms with Gasteiger partial charge in [-0.3, -0.25) is 0 Å². The van der Waals surface area contributed by atoms with Crippen molar-refractivity contribution in [1.29, 1.82) is 0 Å². The van der Waals surface area contributed by atoms with Gasteiger partial charge in [-0.2, -0.15) is 4.31 Å². The maximum absolute atomic E-state index is 12.6. The van der Waals surface area contributed by atoms with Gasteiger partial charge in [0.2, 0.25) is 10.0 Å². The molecule has 2 rings (SSSR count). The summed E-state index contributed by atoms with van der Waals surface area (Å²) in [5.74, 6) is 0. The van der Waals surface area contributed by atoms with Crippen molar-refractivity contribution in [1.82, 2.24) is 9.62 Å². The minimum absolute atomic E-state index is 0. The van der Waals surface area contributed by atoms with E-state index in [0.29, 0.717) is 24.0 Å². The van der Waals surface area contributed by atoms with E-state index in [1.54, 1.807) is 16.4 Å². The van der Waals surface area contributed by atoms with E-state index < -0.39 is 10.0 Å². The second-order valence-corrected chi connectivity index (χ2v) is 7.15. The van der Waals surface area contributed by atoms with Crippen LogP contribution in [-0.2, 0) is 10.0 Å². The lowest BCUT2D eigenvalue weighted by Crippen LogP contribution is -2.43. The molecule has 1 aliphatic rings. The van der Waals surface area contributed by atoms with Crippen molar-refractivity contribution in [2.24, 2.45) is 0 Å². The van der Waals surface area contributed by atoms with Crippen LogP contribution < -0.4 is 5.32 Å². The number of nitrogens with one attached hydrogen (secondary N) is 1. The molecule has 0 spiro atoms. The van der Waals surface area contributed by atoms with E-state index in [9.17, 15) is 8.42 Å². The van der Waals surface area contributed by atoms with Crippen LogP contribution >= 0.6 is 12.4 Å². The lowest BCUT2D eigenvalue weighted by atomic mass is 10.1. The van der Waals surface area contributed by atoms with Crippen molar-refractivity contribution in [3.8, 4) is 0 Å². The Morgan fingerprint density at radius 2 is 1.75 bits per heavy atom. The van der Waals surface area contributed by atoms with Crippen LogP contribution in [0.25, 0.3) is 0 Å². The Hall–Kier alpha value is -0.620. The molecule has 1 heterocycles. The fraction of sp³-hybridized carbons (Fsp3) is 0.571. The van der Waals surface area contributed by atoms with Gasteiger partial charge in [-0.15, -0.1) is 12.4 Å². The van der Waals surface area contributed by atoms with Crippen LogP contribution in [0.1, 0.15) is 24.0 Å². The molecule has 20 heavy (non-hydrogen) atoms. The van der Waals surface area contributed by atoms with Crippen LogP contribution in [0.2, 0.25) is 0 Å². The summed E-state index contributed by atoms with van der Waals surface area (Å²) in [6.07, 6.45) is 1.75. The quantitative estimate of drug-likeness (QED) is 0.928. The van der Waals surface area contributed by atoms with Crippen molar-refractivity contribution >= 4 is 22.4 Å². The number of nitrogens with zero attached hydrogens (tertiary/aromatic N) is 1. The Kier molecular flexibility index (Phi) is 6.01. The van der Waals surface area contributed by atoms with E-state index in [1.165, 1.54) is 0 Å². The predicted octanol–water partition coefficient (Wildman–Crippen LogP) is 2.10. The lowest BCUT2D eigenvalue weighted by Gasteiger charge is -2.31. The molecule has 1 fully saturated rings. The number of aryl methyl sites for hydroxylation is 2. The maximum Gasteiger partial charge on any atom is 0.243 e. The maximum atomic E-state index is 12.6. The molecule has 1 aliphatic heterocycles. The minimum atomic E-state index is -3.33. The summed E-state index contributed by atoms with van der Waals surface area (Å²) in [5.41, 5.74) is 2.14. The number of sulfonamides is 1. The second-order valence-electron chi connectivity index (χ2n) is 5.21. The summed E-state index contributed by atoms with van der Waals surface area (Å²) in [7, 11) is -1.40. The summed E-state index contributed by atoms with van der Waals surface area (Å²) < 4.78 is 26.7. The van der Waals surface area contributed by atoms with Crippen LogP contribution in [0.3, 0.4) is 0 Å². The molecule has 0 saturated carbocycles. The number of piperidine rings is 1. The molecule has 0 unspecified atom stereocenters. The van der Waals surface area contributed by atoms with Gasteiger partial charge in [0.1, 0.15) is 0 Å². The van der Waals surface area contributed by atoms with E-state index in [2.05, 4.69) is 5.32 Å². The monoisotopic (exact) mass is 318 g/mol. The van der Waals surface area contributed by atoms with Gasteiger partial charge in [0.05, 0.1) is 4.90 Å². The van der Waals surface area contributed by atoms with Crippen molar-refractivity contribution in [3.63, 3.8) is 0 Å². The molecule has 1 N–H and O–H groups in total. The first-order valence-corrected chi connectivity index (χ1v) is 8.14. The molecule has 4 nitrogen and oxygen atoms in total. The molecule has 1 aromatic rings. The summed E-state index contributed by atoms with van der Waals surface area (Å²) in [4.78, 5) is 0.415. The molecular formula is C14H23ClN2O2S.